The lowest BCUT2D eigenvalue weighted by Gasteiger charge is -2.20. The molecule has 3 heterocycles. The molecule has 0 saturated carbocycles. The van der Waals surface area contributed by atoms with Gasteiger partial charge in [0, 0.05) is 12.1 Å². The van der Waals surface area contributed by atoms with Gasteiger partial charge in [0.05, 0.1) is 3.79 Å². The summed E-state index contributed by atoms with van der Waals surface area (Å²) >= 11 is 4.52. The van der Waals surface area contributed by atoms with Gasteiger partial charge < -0.3 is 4.52 Å². The number of sulfonamides is 1. The van der Waals surface area contributed by atoms with Crippen molar-refractivity contribution < 1.29 is 12.9 Å². The molecule has 136 valence electrons. The Balaban J connectivity index is 1.64. The van der Waals surface area contributed by atoms with Crippen LogP contribution in [0.2, 0.25) is 0 Å². The summed E-state index contributed by atoms with van der Waals surface area (Å²) in [5.74, 6) is 0.820. The third-order valence-corrected chi connectivity index (χ3v) is 8.35. The molecule has 1 aliphatic heterocycles. The van der Waals surface area contributed by atoms with E-state index < -0.39 is 16.1 Å². The van der Waals surface area contributed by atoms with Crippen molar-refractivity contribution in [2.75, 3.05) is 6.54 Å². The lowest BCUT2D eigenvalue weighted by atomic mass is 10.1. The van der Waals surface area contributed by atoms with E-state index in [1.807, 2.05) is 31.2 Å². The van der Waals surface area contributed by atoms with Crippen molar-refractivity contribution >= 4 is 37.3 Å². The van der Waals surface area contributed by atoms with Crippen LogP contribution in [-0.4, -0.2) is 29.4 Å². The Morgan fingerprint density at radius 1 is 1.23 bits per heavy atom. The summed E-state index contributed by atoms with van der Waals surface area (Å²) in [6.07, 6.45) is 1.43. The number of aryl methyl sites for hydroxylation is 1. The van der Waals surface area contributed by atoms with Crippen LogP contribution in [0.3, 0.4) is 0 Å². The first-order valence-electron chi connectivity index (χ1n) is 8.13. The summed E-state index contributed by atoms with van der Waals surface area (Å²) in [5.41, 5.74) is 1.99. The van der Waals surface area contributed by atoms with Crippen LogP contribution in [0.4, 0.5) is 0 Å². The van der Waals surface area contributed by atoms with Crippen molar-refractivity contribution in [2.24, 2.45) is 0 Å². The Morgan fingerprint density at radius 2 is 2.00 bits per heavy atom. The summed E-state index contributed by atoms with van der Waals surface area (Å²) < 4.78 is 33.9. The normalized spacial score (nSPS) is 18.5. The van der Waals surface area contributed by atoms with Crippen LogP contribution in [0.1, 0.15) is 30.3 Å². The third-order valence-electron chi connectivity index (χ3n) is 4.35. The Morgan fingerprint density at radius 3 is 2.69 bits per heavy atom. The van der Waals surface area contributed by atoms with Gasteiger partial charge in [-0.25, -0.2) is 8.42 Å². The highest BCUT2D eigenvalue weighted by molar-refractivity contribution is 9.11. The summed E-state index contributed by atoms with van der Waals surface area (Å²) in [4.78, 5) is 4.47. The third kappa shape index (κ3) is 3.24. The fourth-order valence-electron chi connectivity index (χ4n) is 3.02. The van der Waals surface area contributed by atoms with Crippen LogP contribution in [0, 0.1) is 6.92 Å². The maximum absolute atomic E-state index is 13.0. The predicted molar refractivity (Wildman–Crippen MR) is 102 cm³/mol. The van der Waals surface area contributed by atoms with Gasteiger partial charge in [0.15, 0.2) is 0 Å². The van der Waals surface area contributed by atoms with Gasteiger partial charge in [0.1, 0.15) is 10.3 Å². The smallest absolute Gasteiger partial charge is 0.253 e. The number of aromatic nitrogens is 2. The quantitative estimate of drug-likeness (QED) is 0.584. The molecule has 3 aromatic rings. The fraction of sp³-hybridized carbons (Fsp3) is 0.294. The molecule has 1 aromatic carbocycles. The SMILES string of the molecule is Cc1ccc(-c2noc([C@H]3CCCN3S(=O)(=O)c3ccc(Br)s3)n2)cc1. The van der Waals surface area contributed by atoms with Crippen LogP contribution in [0.25, 0.3) is 11.4 Å². The van der Waals surface area contributed by atoms with E-state index in [0.717, 1.165) is 21.3 Å². The van der Waals surface area contributed by atoms with Gasteiger partial charge in [-0.3, -0.25) is 0 Å². The molecule has 0 aliphatic carbocycles. The highest BCUT2D eigenvalue weighted by Crippen LogP contribution is 2.38. The minimum absolute atomic E-state index is 0.314. The minimum atomic E-state index is -3.58. The number of halogens is 1. The van der Waals surface area contributed by atoms with Crippen LogP contribution in [0.15, 0.2) is 48.9 Å². The Kier molecular flexibility index (Phi) is 4.72. The second-order valence-corrected chi connectivity index (χ2v) is 10.7. The fourth-order valence-corrected chi connectivity index (χ4v) is 6.81. The van der Waals surface area contributed by atoms with Crippen molar-refractivity contribution in [3.8, 4) is 11.4 Å². The number of hydrogen-bond donors (Lipinski definition) is 0. The largest absolute Gasteiger partial charge is 0.337 e. The molecule has 0 radical (unpaired) electrons. The minimum Gasteiger partial charge on any atom is -0.337 e. The molecule has 0 amide bonds. The molecule has 1 atom stereocenters. The van der Waals surface area contributed by atoms with E-state index in [9.17, 15) is 8.42 Å². The van der Waals surface area contributed by atoms with Crippen LogP contribution in [-0.2, 0) is 10.0 Å². The molecule has 1 aliphatic rings. The van der Waals surface area contributed by atoms with E-state index in [2.05, 4.69) is 26.1 Å². The highest BCUT2D eigenvalue weighted by atomic mass is 79.9. The second kappa shape index (κ2) is 6.88. The number of rotatable bonds is 4. The Labute approximate surface area is 164 Å². The molecular weight excluding hydrogens is 438 g/mol. The van der Waals surface area contributed by atoms with Crippen molar-refractivity contribution in [1.29, 1.82) is 0 Å². The van der Waals surface area contributed by atoms with Gasteiger partial charge in [0.2, 0.25) is 11.7 Å². The average Bonchev–Trinajstić information content (AvgIpc) is 3.35. The van der Waals surface area contributed by atoms with Gasteiger partial charge in [0.25, 0.3) is 10.0 Å². The number of nitrogens with zero attached hydrogens (tertiary/aromatic N) is 3. The van der Waals surface area contributed by atoms with E-state index in [1.165, 1.54) is 15.6 Å². The van der Waals surface area contributed by atoms with Crippen molar-refractivity contribution in [1.82, 2.24) is 14.4 Å². The molecule has 0 bridgehead atoms. The Hall–Kier alpha value is -1.55. The van der Waals surface area contributed by atoms with E-state index in [1.54, 1.807) is 12.1 Å². The van der Waals surface area contributed by atoms with Gasteiger partial charge in [-0.2, -0.15) is 9.29 Å². The molecule has 2 aromatic heterocycles. The first-order valence-corrected chi connectivity index (χ1v) is 11.2. The highest BCUT2D eigenvalue weighted by Gasteiger charge is 2.40. The van der Waals surface area contributed by atoms with Gasteiger partial charge in [-0.05, 0) is 47.8 Å². The average molecular weight is 454 g/mol. The molecule has 4 rings (SSSR count). The van der Waals surface area contributed by atoms with E-state index in [-0.39, 0.29) is 0 Å². The molecule has 9 heteroatoms. The number of benzene rings is 1. The molecule has 6 nitrogen and oxygen atoms in total. The number of hydrogen-bond acceptors (Lipinski definition) is 6. The van der Waals surface area contributed by atoms with Gasteiger partial charge >= 0.3 is 0 Å². The van der Waals surface area contributed by atoms with Gasteiger partial charge in [-0.1, -0.05) is 35.0 Å². The zero-order chi connectivity index (χ0) is 18.3. The summed E-state index contributed by atoms with van der Waals surface area (Å²) in [6.45, 7) is 2.46. The molecule has 0 spiro atoms. The molecule has 0 N–H and O–H groups in total. The molecule has 26 heavy (non-hydrogen) atoms. The maximum Gasteiger partial charge on any atom is 0.253 e. The van der Waals surface area contributed by atoms with E-state index >= 15 is 0 Å². The number of thiophene rings is 1. The summed E-state index contributed by atoms with van der Waals surface area (Å²) in [6, 6.07) is 10.7. The molecular formula is C17H16BrN3O3S2. The van der Waals surface area contributed by atoms with Gasteiger partial charge in [-0.15, -0.1) is 11.3 Å². The topological polar surface area (TPSA) is 76.3 Å². The molecule has 0 unspecified atom stereocenters. The lowest BCUT2D eigenvalue weighted by molar-refractivity contribution is 0.291. The summed E-state index contributed by atoms with van der Waals surface area (Å²) in [7, 11) is -3.58. The monoisotopic (exact) mass is 453 g/mol. The van der Waals surface area contributed by atoms with Crippen LogP contribution in [0.5, 0.6) is 0 Å². The van der Waals surface area contributed by atoms with Crippen molar-refractivity contribution in [2.45, 2.75) is 30.0 Å². The van der Waals surface area contributed by atoms with Crippen molar-refractivity contribution in [3.63, 3.8) is 0 Å². The first kappa shape index (κ1) is 17.8. The zero-order valence-electron chi connectivity index (χ0n) is 13.9. The maximum atomic E-state index is 13.0. The van der Waals surface area contributed by atoms with Crippen LogP contribution >= 0.6 is 27.3 Å². The summed E-state index contributed by atoms with van der Waals surface area (Å²) in [5, 5.41) is 4.04. The van der Waals surface area contributed by atoms with E-state index in [0.29, 0.717) is 28.9 Å². The van der Waals surface area contributed by atoms with Crippen LogP contribution < -0.4 is 0 Å². The molecule has 1 fully saturated rings. The Bertz CT molecular complexity index is 1030. The second-order valence-electron chi connectivity index (χ2n) is 6.15. The standard InChI is InChI=1S/C17H16BrN3O3S2/c1-11-4-6-12(7-5-11)16-19-17(24-20-16)13-3-2-10-21(13)26(22,23)15-9-8-14(18)25-15/h4-9,13H,2-3,10H2,1H3/t13-/m1/s1. The lowest BCUT2D eigenvalue weighted by Crippen LogP contribution is -2.30. The first-order chi connectivity index (χ1) is 12.4. The van der Waals surface area contributed by atoms with Crippen molar-refractivity contribution in [3.05, 3.63) is 51.6 Å². The zero-order valence-corrected chi connectivity index (χ0v) is 17.1. The van der Waals surface area contributed by atoms with E-state index in [4.69, 9.17) is 4.52 Å². The predicted octanol–water partition coefficient (Wildman–Crippen LogP) is 4.39. The molecule has 1 saturated heterocycles.